The van der Waals surface area contributed by atoms with Crippen LogP contribution in [-0.2, 0) is 4.79 Å². The smallest absolute Gasteiger partial charge is 0.303 e. The summed E-state index contributed by atoms with van der Waals surface area (Å²) in [6.07, 6.45) is 4.54. The van der Waals surface area contributed by atoms with E-state index in [0.717, 1.165) is 0 Å². The average molecular weight is 320 g/mol. The van der Waals surface area contributed by atoms with Crippen LogP contribution in [0.5, 0.6) is 0 Å². The molecule has 0 unspecified atom stereocenters. The highest BCUT2D eigenvalue weighted by atomic mass is 32.1. The molecule has 1 amide bonds. The number of carbonyl (C=O) groups is 2. The first kappa shape index (κ1) is 16.0. The number of unbranched alkanes of at least 4 members (excludes halogenated alkanes) is 1. The van der Waals surface area contributed by atoms with E-state index in [-0.39, 0.29) is 12.3 Å². The molecule has 2 rings (SSSR count). The molecule has 2 heterocycles. The van der Waals surface area contributed by atoms with Crippen LogP contribution in [0.1, 0.15) is 34.6 Å². The van der Waals surface area contributed by atoms with Crippen molar-refractivity contribution in [1.29, 1.82) is 0 Å². The summed E-state index contributed by atoms with van der Waals surface area (Å²) in [5.74, 6) is -0.527. The quantitative estimate of drug-likeness (QED) is 0.755. The Labute approximate surface area is 131 Å². The number of aryl methyl sites for hydroxylation is 1. The van der Waals surface area contributed by atoms with Crippen molar-refractivity contribution in [2.24, 2.45) is 0 Å². The van der Waals surface area contributed by atoms with E-state index in [4.69, 9.17) is 5.11 Å². The third kappa shape index (κ3) is 4.32. The highest BCUT2D eigenvalue weighted by molar-refractivity contribution is 7.17. The molecule has 0 aliphatic rings. The van der Waals surface area contributed by atoms with Gasteiger partial charge in [-0.3, -0.25) is 9.59 Å². The van der Waals surface area contributed by atoms with Crippen molar-refractivity contribution in [3.8, 4) is 10.8 Å². The van der Waals surface area contributed by atoms with E-state index in [1.54, 1.807) is 25.4 Å². The molecule has 22 heavy (non-hydrogen) atoms. The molecule has 0 fully saturated rings. The highest BCUT2D eigenvalue weighted by Gasteiger charge is 2.16. The Morgan fingerprint density at radius 2 is 2.00 bits per heavy atom. The van der Waals surface area contributed by atoms with Crippen molar-refractivity contribution in [2.45, 2.75) is 26.2 Å². The summed E-state index contributed by atoms with van der Waals surface area (Å²) in [5, 5.41) is 11.9. The predicted octanol–water partition coefficient (Wildman–Crippen LogP) is 1.89. The number of carbonyl (C=O) groups excluding carboxylic acids is 1. The minimum absolute atomic E-state index is 0.116. The molecule has 0 saturated carbocycles. The Balaban J connectivity index is 1.93. The summed E-state index contributed by atoms with van der Waals surface area (Å²) in [6.45, 7) is 2.21. The van der Waals surface area contributed by atoms with Gasteiger partial charge in [-0.2, -0.15) is 0 Å². The summed E-state index contributed by atoms with van der Waals surface area (Å²) >= 11 is 1.25. The van der Waals surface area contributed by atoms with Gasteiger partial charge in [0.15, 0.2) is 10.8 Å². The summed E-state index contributed by atoms with van der Waals surface area (Å²) in [7, 11) is 0. The largest absolute Gasteiger partial charge is 0.481 e. The minimum Gasteiger partial charge on any atom is -0.481 e. The van der Waals surface area contributed by atoms with Crippen LogP contribution in [0.3, 0.4) is 0 Å². The Morgan fingerprint density at radius 1 is 1.27 bits per heavy atom. The first-order chi connectivity index (χ1) is 10.6. The maximum absolute atomic E-state index is 12.1. The van der Waals surface area contributed by atoms with Gasteiger partial charge in [0, 0.05) is 25.4 Å². The highest BCUT2D eigenvalue weighted by Crippen LogP contribution is 2.24. The molecule has 2 N–H and O–H groups in total. The molecule has 0 bridgehead atoms. The predicted molar refractivity (Wildman–Crippen MR) is 81.7 cm³/mol. The SMILES string of the molecule is Cc1nc(-c2ncccn2)sc1C(=O)NCCCCC(=O)O. The molecule has 0 saturated heterocycles. The maximum atomic E-state index is 12.1. The second-order valence-electron chi connectivity index (χ2n) is 4.61. The monoisotopic (exact) mass is 320 g/mol. The molecule has 2 aromatic heterocycles. The third-order valence-electron chi connectivity index (χ3n) is 2.86. The van der Waals surface area contributed by atoms with Crippen LogP contribution in [0.2, 0.25) is 0 Å². The van der Waals surface area contributed by atoms with E-state index in [1.165, 1.54) is 11.3 Å². The standard InChI is InChI=1S/C14H16N4O3S/c1-9-11(13(21)17-6-3-2-5-10(19)20)22-14(18-9)12-15-7-4-8-16-12/h4,7-8H,2-3,5-6H2,1H3,(H,17,21)(H,19,20). The number of aliphatic carboxylic acids is 1. The van der Waals surface area contributed by atoms with E-state index in [1.807, 2.05) is 0 Å². The summed E-state index contributed by atoms with van der Waals surface area (Å²) in [5.41, 5.74) is 0.635. The van der Waals surface area contributed by atoms with Crippen molar-refractivity contribution >= 4 is 23.2 Å². The molecule has 0 aliphatic heterocycles. The number of nitrogens with one attached hydrogen (secondary N) is 1. The van der Waals surface area contributed by atoms with Crippen LogP contribution >= 0.6 is 11.3 Å². The van der Waals surface area contributed by atoms with Gasteiger partial charge < -0.3 is 10.4 Å². The average Bonchev–Trinajstić information content (AvgIpc) is 2.89. The van der Waals surface area contributed by atoms with Gasteiger partial charge in [-0.25, -0.2) is 15.0 Å². The third-order valence-corrected chi connectivity index (χ3v) is 4.02. The van der Waals surface area contributed by atoms with Gasteiger partial charge >= 0.3 is 5.97 Å². The molecule has 7 nitrogen and oxygen atoms in total. The lowest BCUT2D eigenvalue weighted by Gasteiger charge is -2.02. The first-order valence-corrected chi connectivity index (χ1v) is 7.64. The zero-order chi connectivity index (χ0) is 15.9. The molecule has 0 radical (unpaired) electrons. The van der Waals surface area contributed by atoms with Crippen molar-refractivity contribution in [3.63, 3.8) is 0 Å². The topological polar surface area (TPSA) is 105 Å². The van der Waals surface area contributed by atoms with Crippen LogP contribution in [0.25, 0.3) is 10.8 Å². The number of nitrogens with zero attached hydrogens (tertiary/aromatic N) is 3. The van der Waals surface area contributed by atoms with Crippen molar-refractivity contribution < 1.29 is 14.7 Å². The van der Waals surface area contributed by atoms with Crippen molar-refractivity contribution in [2.75, 3.05) is 6.54 Å². The van der Waals surface area contributed by atoms with Crippen LogP contribution in [-0.4, -0.2) is 38.5 Å². The van der Waals surface area contributed by atoms with E-state index in [9.17, 15) is 9.59 Å². The number of rotatable bonds is 7. The Kier molecular flexibility index (Phi) is 5.54. The zero-order valence-corrected chi connectivity index (χ0v) is 12.9. The molecular weight excluding hydrogens is 304 g/mol. The normalized spacial score (nSPS) is 10.4. The maximum Gasteiger partial charge on any atom is 0.303 e. The fourth-order valence-electron chi connectivity index (χ4n) is 1.80. The number of aromatic nitrogens is 3. The van der Waals surface area contributed by atoms with Gasteiger partial charge in [0.2, 0.25) is 0 Å². The Hall–Kier alpha value is -2.35. The number of thiazole rings is 1. The number of carboxylic acid groups (broad SMARTS) is 1. The zero-order valence-electron chi connectivity index (χ0n) is 12.1. The van der Waals surface area contributed by atoms with Crippen molar-refractivity contribution in [3.05, 3.63) is 29.0 Å². The van der Waals surface area contributed by atoms with Crippen LogP contribution in [0.4, 0.5) is 0 Å². The number of amides is 1. The lowest BCUT2D eigenvalue weighted by molar-refractivity contribution is -0.137. The fourth-order valence-corrected chi connectivity index (χ4v) is 2.73. The van der Waals surface area contributed by atoms with Crippen LogP contribution in [0, 0.1) is 6.92 Å². The molecule has 2 aromatic rings. The van der Waals surface area contributed by atoms with E-state index >= 15 is 0 Å². The number of hydrogen-bond donors (Lipinski definition) is 2. The van der Waals surface area contributed by atoms with Gasteiger partial charge in [-0.15, -0.1) is 11.3 Å². The summed E-state index contributed by atoms with van der Waals surface area (Å²) in [4.78, 5) is 35.6. The lowest BCUT2D eigenvalue weighted by atomic mass is 10.2. The second kappa shape index (κ2) is 7.60. The van der Waals surface area contributed by atoms with Crippen LogP contribution < -0.4 is 5.32 Å². The molecule has 0 aromatic carbocycles. The molecule has 0 aliphatic carbocycles. The van der Waals surface area contributed by atoms with E-state index in [0.29, 0.717) is 40.8 Å². The second-order valence-corrected chi connectivity index (χ2v) is 5.61. The van der Waals surface area contributed by atoms with Gasteiger partial charge in [0.05, 0.1) is 5.69 Å². The summed E-state index contributed by atoms with van der Waals surface area (Å²) in [6, 6.07) is 1.72. The van der Waals surface area contributed by atoms with Gasteiger partial charge in [0.25, 0.3) is 5.91 Å². The van der Waals surface area contributed by atoms with Crippen LogP contribution in [0.15, 0.2) is 18.5 Å². The van der Waals surface area contributed by atoms with E-state index in [2.05, 4.69) is 20.3 Å². The van der Waals surface area contributed by atoms with Gasteiger partial charge in [-0.1, -0.05) is 0 Å². The number of carboxylic acids is 1. The Morgan fingerprint density at radius 3 is 2.68 bits per heavy atom. The van der Waals surface area contributed by atoms with Crippen molar-refractivity contribution in [1.82, 2.24) is 20.3 Å². The molecule has 0 atom stereocenters. The minimum atomic E-state index is -0.822. The number of hydrogen-bond acceptors (Lipinski definition) is 6. The molecule has 116 valence electrons. The molecular formula is C14H16N4O3S. The Bertz CT molecular complexity index is 657. The lowest BCUT2D eigenvalue weighted by Crippen LogP contribution is -2.24. The summed E-state index contributed by atoms with van der Waals surface area (Å²) < 4.78 is 0. The fraction of sp³-hybridized carbons (Fsp3) is 0.357. The molecule has 0 spiro atoms. The first-order valence-electron chi connectivity index (χ1n) is 6.82. The molecule has 8 heteroatoms. The van der Waals surface area contributed by atoms with Gasteiger partial charge in [0.1, 0.15) is 4.88 Å². The van der Waals surface area contributed by atoms with E-state index < -0.39 is 5.97 Å². The van der Waals surface area contributed by atoms with Gasteiger partial charge in [-0.05, 0) is 25.8 Å².